The largest absolute Gasteiger partial charge is 0.497 e. The van der Waals surface area contributed by atoms with Crippen LogP contribution in [0.15, 0.2) is 36.4 Å². The van der Waals surface area contributed by atoms with Crippen LogP contribution in [0.5, 0.6) is 11.5 Å². The SMILES string of the molecule is COc1ccc(C(=O)Nc2ccc(C)c(NC(=O)C3CC3)c2)c(OC)c1. The van der Waals surface area contributed by atoms with Gasteiger partial charge < -0.3 is 20.1 Å². The van der Waals surface area contributed by atoms with E-state index in [0.29, 0.717) is 28.4 Å². The van der Waals surface area contributed by atoms with Crippen molar-refractivity contribution in [3.05, 3.63) is 47.5 Å². The van der Waals surface area contributed by atoms with Gasteiger partial charge in [-0.25, -0.2) is 0 Å². The lowest BCUT2D eigenvalue weighted by atomic mass is 10.1. The predicted octanol–water partition coefficient (Wildman–Crippen LogP) is 3.61. The molecule has 0 heterocycles. The van der Waals surface area contributed by atoms with Gasteiger partial charge in [0.2, 0.25) is 5.91 Å². The second-order valence-corrected chi connectivity index (χ2v) is 6.31. The number of aryl methyl sites for hydroxylation is 1. The molecular weight excluding hydrogens is 332 g/mol. The molecule has 0 aromatic heterocycles. The Morgan fingerprint density at radius 2 is 1.77 bits per heavy atom. The number of benzene rings is 2. The molecule has 26 heavy (non-hydrogen) atoms. The molecule has 1 aliphatic rings. The molecule has 1 saturated carbocycles. The summed E-state index contributed by atoms with van der Waals surface area (Å²) in [7, 11) is 3.06. The zero-order valence-electron chi connectivity index (χ0n) is 15.1. The minimum Gasteiger partial charge on any atom is -0.497 e. The van der Waals surface area contributed by atoms with E-state index in [1.54, 1.807) is 37.4 Å². The lowest BCUT2D eigenvalue weighted by Gasteiger charge is -2.13. The molecule has 1 fully saturated rings. The number of hydrogen-bond acceptors (Lipinski definition) is 4. The quantitative estimate of drug-likeness (QED) is 0.831. The Kier molecular flexibility index (Phi) is 5.11. The molecule has 2 amide bonds. The highest BCUT2D eigenvalue weighted by Crippen LogP contribution is 2.31. The fourth-order valence-corrected chi connectivity index (χ4v) is 2.60. The van der Waals surface area contributed by atoms with E-state index in [-0.39, 0.29) is 17.7 Å². The number of carbonyl (C=O) groups is 2. The van der Waals surface area contributed by atoms with Crippen molar-refractivity contribution >= 4 is 23.2 Å². The van der Waals surface area contributed by atoms with Crippen molar-refractivity contribution in [3.8, 4) is 11.5 Å². The molecule has 0 saturated heterocycles. The minimum atomic E-state index is -0.298. The number of rotatable bonds is 6. The van der Waals surface area contributed by atoms with Crippen molar-refractivity contribution in [3.63, 3.8) is 0 Å². The van der Waals surface area contributed by atoms with Gasteiger partial charge >= 0.3 is 0 Å². The van der Waals surface area contributed by atoms with E-state index in [9.17, 15) is 9.59 Å². The van der Waals surface area contributed by atoms with Gasteiger partial charge in [0.1, 0.15) is 11.5 Å². The molecule has 0 unspecified atom stereocenters. The normalized spacial score (nSPS) is 13.0. The van der Waals surface area contributed by atoms with Crippen molar-refractivity contribution in [1.82, 2.24) is 0 Å². The molecule has 6 heteroatoms. The van der Waals surface area contributed by atoms with Crippen molar-refractivity contribution in [2.75, 3.05) is 24.9 Å². The van der Waals surface area contributed by atoms with Crippen LogP contribution in [0.25, 0.3) is 0 Å². The molecule has 0 aliphatic heterocycles. The standard InChI is InChI=1S/C20H22N2O4/c1-12-4-7-14(10-17(12)22-19(23)13-5-6-13)21-20(24)16-9-8-15(25-2)11-18(16)26-3/h4,7-11,13H,5-6H2,1-3H3,(H,21,24)(H,22,23). The summed E-state index contributed by atoms with van der Waals surface area (Å²) in [5, 5.41) is 5.78. The number of anilines is 2. The topological polar surface area (TPSA) is 76.7 Å². The third-order valence-electron chi connectivity index (χ3n) is 4.35. The van der Waals surface area contributed by atoms with Gasteiger partial charge in [-0.1, -0.05) is 6.07 Å². The number of nitrogens with one attached hydrogen (secondary N) is 2. The summed E-state index contributed by atoms with van der Waals surface area (Å²) in [6, 6.07) is 10.4. The van der Waals surface area contributed by atoms with Gasteiger partial charge in [-0.15, -0.1) is 0 Å². The molecule has 136 valence electrons. The van der Waals surface area contributed by atoms with Gasteiger partial charge in [-0.2, -0.15) is 0 Å². The van der Waals surface area contributed by atoms with Crippen LogP contribution in [-0.4, -0.2) is 26.0 Å². The van der Waals surface area contributed by atoms with Crippen LogP contribution < -0.4 is 20.1 Å². The van der Waals surface area contributed by atoms with E-state index in [4.69, 9.17) is 9.47 Å². The third kappa shape index (κ3) is 3.96. The smallest absolute Gasteiger partial charge is 0.259 e. The van der Waals surface area contributed by atoms with Crippen LogP contribution in [0.4, 0.5) is 11.4 Å². The highest BCUT2D eigenvalue weighted by molar-refractivity contribution is 6.06. The minimum absolute atomic E-state index is 0.0356. The first-order valence-electron chi connectivity index (χ1n) is 8.46. The maximum atomic E-state index is 12.6. The highest BCUT2D eigenvalue weighted by atomic mass is 16.5. The van der Waals surface area contributed by atoms with Crippen LogP contribution in [-0.2, 0) is 4.79 Å². The van der Waals surface area contributed by atoms with E-state index in [1.807, 2.05) is 13.0 Å². The Morgan fingerprint density at radius 3 is 2.42 bits per heavy atom. The lowest BCUT2D eigenvalue weighted by molar-refractivity contribution is -0.117. The van der Waals surface area contributed by atoms with Crippen LogP contribution in [0.3, 0.4) is 0 Å². The third-order valence-corrected chi connectivity index (χ3v) is 4.35. The van der Waals surface area contributed by atoms with Crippen molar-refractivity contribution < 1.29 is 19.1 Å². The van der Waals surface area contributed by atoms with Crippen LogP contribution in [0.2, 0.25) is 0 Å². The number of methoxy groups -OCH3 is 2. The molecular formula is C20H22N2O4. The fourth-order valence-electron chi connectivity index (χ4n) is 2.60. The molecule has 1 aliphatic carbocycles. The van der Waals surface area contributed by atoms with Gasteiger partial charge in [0.15, 0.2) is 0 Å². The average Bonchev–Trinajstić information content (AvgIpc) is 3.49. The monoisotopic (exact) mass is 354 g/mol. The average molecular weight is 354 g/mol. The van der Waals surface area contributed by atoms with E-state index in [2.05, 4.69) is 10.6 Å². The lowest BCUT2D eigenvalue weighted by Crippen LogP contribution is -2.16. The van der Waals surface area contributed by atoms with E-state index in [0.717, 1.165) is 18.4 Å². The van der Waals surface area contributed by atoms with Crippen LogP contribution in [0.1, 0.15) is 28.8 Å². The first-order chi connectivity index (χ1) is 12.5. The van der Waals surface area contributed by atoms with Gasteiger partial charge in [0.25, 0.3) is 5.91 Å². The first-order valence-corrected chi connectivity index (χ1v) is 8.46. The van der Waals surface area contributed by atoms with Gasteiger partial charge in [0, 0.05) is 23.4 Å². The Hall–Kier alpha value is -3.02. The van der Waals surface area contributed by atoms with Gasteiger partial charge in [0.05, 0.1) is 19.8 Å². The number of hydrogen-bond donors (Lipinski definition) is 2. The van der Waals surface area contributed by atoms with Crippen molar-refractivity contribution in [2.45, 2.75) is 19.8 Å². The highest BCUT2D eigenvalue weighted by Gasteiger charge is 2.29. The summed E-state index contributed by atoms with van der Waals surface area (Å²) in [6.07, 6.45) is 1.89. The number of carbonyl (C=O) groups excluding carboxylic acids is 2. The maximum absolute atomic E-state index is 12.6. The summed E-state index contributed by atoms with van der Waals surface area (Å²) < 4.78 is 10.4. The molecule has 0 bridgehead atoms. The number of ether oxygens (including phenoxy) is 2. The zero-order chi connectivity index (χ0) is 18.7. The molecule has 2 aromatic rings. The molecule has 3 rings (SSSR count). The maximum Gasteiger partial charge on any atom is 0.259 e. The summed E-state index contributed by atoms with van der Waals surface area (Å²) in [4.78, 5) is 24.6. The summed E-state index contributed by atoms with van der Waals surface area (Å²) >= 11 is 0. The Bertz CT molecular complexity index is 844. The van der Waals surface area contributed by atoms with E-state index >= 15 is 0 Å². The Balaban J connectivity index is 1.78. The second-order valence-electron chi connectivity index (χ2n) is 6.31. The molecule has 0 atom stereocenters. The molecule has 2 aromatic carbocycles. The summed E-state index contributed by atoms with van der Waals surface area (Å²) in [5.74, 6) is 0.896. The molecule has 6 nitrogen and oxygen atoms in total. The van der Waals surface area contributed by atoms with Gasteiger partial charge in [-0.05, 0) is 49.6 Å². The second kappa shape index (κ2) is 7.47. The zero-order valence-corrected chi connectivity index (χ0v) is 15.1. The van der Waals surface area contributed by atoms with Crippen LogP contribution >= 0.6 is 0 Å². The predicted molar refractivity (Wildman–Crippen MR) is 100 cm³/mol. The van der Waals surface area contributed by atoms with E-state index in [1.165, 1.54) is 7.11 Å². The van der Waals surface area contributed by atoms with E-state index < -0.39 is 0 Å². The summed E-state index contributed by atoms with van der Waals surface area (Å²) in [5.41, 5.74) is 2.66. The number of amides is 2. The fraction of sp³-hybridized carbons (Fsp3) is 0.300. The van der Waals surface area contributed by atoms with Crippen molar-refractivity contribution in [1.29, 1.82) is 0 Å². The Morgan fingerprint density at radius 1 is 1.00 bits per heavy atom. The summed E-state index contributed by atoms with van der Waals surface area (Å²) in [6.45, 7) is 1.92. The van der Waals surface area contributed by atoms with Gasteiger partial charge in [-0.3, -0.25) is 9.59 Å². The Labute approximate surface area is 152 Å². The molecule has 2 N–H and O–H groups in total. The van der Waals surface area contributed by atoms with Crippen molar-refractivity contribution in [2.24, 2.45) is 5.92 Å². The molecule has 0 radical (unpaired) electrons. The molecule has 0 spiro atoms. The first kappa shape index (κ1) is 17.8. The van der Waals surface area contributed by atoms with Crippen LogP contribution in [0, 0.1) is 12.8 Å².